The number of hydrogen-bond acceptors (Lipinski definition) is 1. The first-order valence-corrected chi connectivity index (χ1v) is 6.86. The summed E-state index contributed by atoms with van der Waals surface area (Å²) in [5.74, 6) is 0. The third-order valence-corrected chi connectivity index (χ3v) is 3.37. The van der Waals surface area contributed by atoms with Crippen LogP contribution in [-0.2, 0) is 5.41 Å². The van der Waals surface area contributed by atoms with Crippen molar-refractivity contribution < 1.29 is 0 Å². The van der Waals surface area contributed by atoms with Gasteiger partial charge < -0.3 is 0 Å². The topological polar surface area (TPSA) is 12.4 Å². The highest BCUT2D eigenvalue weighted by molar-refractivity contribution is 5.82. The largest absolute Gasteiger partial charge is 0.261 e. The average molecular weight is 257 g/mol. The summed E-state index contributed by atoms with van der Waals surface area (Å²) >= 11 is 0. The Hall–Kier alpha value is -1.37. The first-order valence-electron chi connectivity index (χ1n) is 6.86. The Labute approximate surface area is 118 Å². The Bertz CT molecular complexity index is 493. The zero-order valence-corrected chi connectivity index (χ0v) is 13.5. The second kappa shape index (κ2) is 5.32. The molecule has 104 valence electrons. The number of nitrogens with zero attached hydrogens (tertiary/aromatic N) is 1. The molecule has 0 saturated carbocycles. The highest BCUT2D eigenvalue weighted by atomic mass is 14.7. The van der Waals surface area contributed by atoms with E-state index in [2.05, 4.69) is 78.2 Å². The molecule has 1 nitrogen and oxygen atoms in total. The minimum atomic E-state index is 0.0199. The molecule has 0 atom stereocenters. The van der Waals surface area contributed by atoms with Gasteiger partial charge in [0.25, 0.3) is 0 Å². The number of aryl methyl sites for hydroxylation is 1. The van der Waals surface area contributed by atoms with Crippen LogP contribution in [-0.4, -0.2) is 6.21 Å². The Kier molecular flexibility index (Phi) is 4.39. The van der Waals surface area contributed by atoms with E-state index in [0.29, 0.717) is 0 Å². The summed E-state index contributed by atoms with van der Waals surface area (Å²) in [7, 11) is 0. The van der Waals surface area contributed by atoms with Crippen molar-refractivity contribution in [2.24, 2.45) is 10.4 Å². The lowest BCUT2D eigenvalue weighted by atomic mass is 9.85. The Balaban J connectivity index is 3.08. The van der Waals surface area contributed by atoms with Gasteiger partial charge in [0.05, 0.1) is 0 Å². The fourth-order valence-electron chi connectivity index (χ4n) is 1.59. The van der Waals surface area contributed by atoms with Crippen molar-refractivity contribution in [2.75, 3.05) is 0 Å². The summed E-state index contributed by atoms with van der Waals surface area (Å²) in [4.78, 5) is 4.53. The van der Waals surface area contributed by atoms with Crippen molar-refractivity contribution in [1.29, 1.82) is 0 Å². The van der Waals surface area contributed by atoms with E-state index in [4.69, 9.17) is 0 Å². The van der Waals surface area contributed by atoms with E-state index in [9.17, 15) is 0 Å². The molecule has 0 heterocycles. The van der Waals surface area contributed by atoms with E-state index >= 15 is 0 Å². The van der Waals surface area contributed by atoms with Gasteiger partial charge in [0.1, 0.15) is 0 Å². The normalized spacial score (nSPS) is 13.0. The van der Waals surface area contributed by atoms with Gasteiger partial charge in [0, 0.05) is 17.3 Å². The number of hydrogen-bond donors (Lipinski definition) is 0. The molecule has 1 aromatic carbocycles. The van der Waals surface area contributed by atoms with Crippen molar-refractivity contribution in [3.05, 3.63) is 47.2 Å². The SMILES string of the molecule is C=C(/N=C\c1cc(C(C)(C)C)ccc1C)C(C)(C)C. The van der Waals surface area contributed by atoms with Gasteiger partial charge in [-0.2, -0.15) is 0 Å². The second-order valence-corrected chi connectivity index (χ2v) is 7.28. The van der Waals surface area contributed by atoms with Crippen LogP contribution < -0.4 is 0 Å². The van der Waals surface area contributed by atoms with E-state index < -0.39 is 0 Å². The van der Waals surface area contributed by atoms with Crippen molar-refractivity contribution in [3.63, 3.8) is 0 Å². The number of benzene rings is 1. The van der Waals surface area contributed by atoms with E-state index in [-0.39, 0.29) is 10.8 Å². The molecule has 0 fully saturated rings. The summed E-state index contributed by atoms with van der Waals surface area (Å²) in [5.41, 5.74) is 4.86. The molecule has 0 spiro atoms. The van der Waals surface area contributed by atoms with Crippen LogP contribution in [0, 0.1) is 12.3 Å². The predicted octanol–water partition coefficient (Wildman–Crippen LogP) is 5.27. The fraction of sp³-hybridized carbons (Fsp3) is 0.500. The van der Waals surface area contributed by atoms with Gasteiger partial charge in [-0.3, -0.25) is 4.99 Å². The molecule has 0 saturated heterocycles. The second-order valence-electron chi connectivity index (χ2n) is 7.28. The lowest BCUT2D eigenvalue weighted by molar-refractivity contribution is 0.501. The molecule has 1 rings (SSSR count). The maximum absolute atomic E-state index is 4.53. The summed E-state index contributed by atoms with van der Waals surface area (Å²) in [6.45, 7) is 19.2. The third kappa shape index (κ3) is 4.34. The first-order chi connectivity index (χ1) is 8.51. The molecule has 0 amide bonds. The number of rotatable bonds is 2. The van der Waals surface area contributed by atoms with Crippen LogP contribution in [0.25, 0.3) is 0 Å². The lowest BCUT2D eigenvalue weighted by Crippen LogP contribution is -2.12. The summed E-state index contributed by atoms with van der Waals surface area (Å²) in [6, 6.07) is 6.60. The van der Waals surface area contributed by atoms with Gasteiger partial charge in [0.2, 0.25) is 0 Å². The highest BCUT2D eigenvalue weighted by Gasteiger charge is 2.15. The Morgan fingerprint density at radius 3 is 2.16 bits per heavy atom. The van der Waals surface area contributed by atoms with Crippen LogP contribution in [0.2, 0.25) is 0 Å². The van der Waals surface area contributed by atoms with Crippen LogP contribution in [0.1, 0.15) is 58.2 Å². The molecule has 0 aliphatic rings. The summed E-state index contributed by atoms with van der Waals surface area (Å²) in [5, 5.41) is 0. The van der Waals surface area contributed by atoms with Crippen LogP contribution in [0.5, 0.6) is 0 Å². The molecule has 1 aromatic rings. The van der Waals surface area contributed by atoms with Crippen LogP contribution in [0.3, 0.4) is 0 Å². The van der Waals surface area contributed by atoms with E-state index in [1.165, 1.54) is 16.7 Å². The molecule has 0 N–H and O–H groups in total. The number of allylic oxidation sites excluding steroid dienone is 1. The van der Waals surface area contributed by atoms with Crippen molar-refractivity contribution >= 4 is 6.21 Å². The Morgan fingerprint density at radius 2 is 1.68 bits per heavy atom. The quantitative estimate of drug-likeness (QED) is 0.640. The van der Waals surface area contributed by atoms with Gasteiger partial charge in [-0.25, -0.2) is 0 Å². The van der Waals surface area contributed by atoms with Gasteiger partial charge in [-0.15, -0.1) is 0 Å². The van der Waals surface area contributed by atoms with Gasteiger partial charge in [0.15, 0.2) is 0 Å². The maximum atomic E-state index is 4.53. The van der Waals surface area contributed by atoms with E-state index in [0.717, 1.165) is 5.70 Å². The first kappa shape index (κ1) is 15.7. The van der Waals surface area contributed by atoms with Crippen molar-refractivity contribution in [1.82, 2.24) is 0 Å². The molecule has 0 bridgehead atoms. The number of aliphatic imine (C=N–C) groups is 1. The monoisotopic (exact) mass is 257 g/mol. The zero-order chi connectivity index (χ0) is 14.8. The molecule has 0 aliphatic carbocycles. The fourth-order valence-corrected chi connectivity index (χ4v) is 1.59. The maximum Gasteiger partial charge on any atom is 0.0385 e. The molecule has 1 heteroatoms. The summed E-state index contributed by atoms with van der Waals surface area (Å²) in [6.07, 6.45) is 1.94. The summed E-state index contributed by atoms with van der Waals surface area (Å²) < 4.78 is 0. The molecule has 0 aromatic heterocycles. The minimum Gasteiger partial charge on any atom is -0.261 e. The van der Waals surface area contributed by atoms with Gasteiger partial charge in [-0.1, -0.05) is 60.3 Å². The van der Waals surface area contributed by atoms with Gasteiger partial charge >= 0.3 is 0 Å². The van der Waals surface area contributed by atoms with Crippen LogP contribution in [0.4, 0.5) is 0 Å². The third-order valence-electron chi connectivity index (χ3n) is 3.37. The Morgan fingerprint density at radius 1 is 1.11 bits per heavy atom. The van der Waals surface area contributed by atoms with Crippen LogP contribution >= 0.6 is 0 Å². The standard InChI is InChI=1S/C18H27N/c1-13-9-10-16(18(6,7)8)11-15(13)12-19-14(2)17(3,4)5/h9-12H,2H2,1,3-8H3/b19-12-. The zero-order valence-electron chi connectivity index (χ0n) is 13.5. The van der Waals surface area contributed by atoms with E-state index in [1.54, 1.807) is 0 Å². The average Bonchev–Trinajstić information content (AvgIpc) is 2.24. The molecule has 0 unspecified atom stereocenters. The lowest BCUT2D eigenvalue weighted by Gasteiger charge is -2.20. The molecular weight excluding hydrogens is 230 g/mol. The highest BCUT2D eigenvalue weighted by Crippen LogP contribution is 2.26. The molecule has 19 heavy (non-hydrogen) atoms. The molecular formula is C18H27N. The van der Waals surface area contributed by atoms with Gasteiger partial charge in [-0.05, 0) is 35.1 Å². The van der Waals surface area contributed by atoms with Crippen LogP contribution in [0.15, 0.2) is 35.5 Å². The molecule has 0 aliphatic heterocycles. The minimum absolute atomic E-state index is 0.0199. The molecule has 0 radical (unpaired) electrons. The predicted molar refractivity (Wildman–Crippen MR) is 86.1 cm³/mol. The smallest absolute Gasteiger partial charge is 0.0385 e. The van der Waals surface area contributed by atoms with Crippen molar-refractivity contribution in [3.8, 4) is 0 Å². The van der Waals surface area contributed by atoms with Crippen molar-refractivity contribution in [2.45, 2.75) is 53.9 Å². The van der Waals surface area contributed by atoms with E-state index in [1.807, 2.05) is 6.21 Å².